The molecule has 7 heteroatoms. The largest absolute Gasteiger partial charge is 0.423 e. The first-order valence-corrected chi connectivity index (χ1v) is 10.6. The van der Waals surface area contributed by atoms with Crippen molar-refractivity contribution in [3.8, 4) is 5.75 Å². The molecule has 30 heavy (non-hydrogen) atoms. The van der Waals surface area contributed by atoms with Crippen molar-refractivity contribution in [3.05, 3.63) is 101 Å². The van der Waals surface area contributed by atoms with E-state index in [0.717, 1.165) is 16.9 Å². The molecule has 3 rings (SSSR count). The number of benzene rings is 3. The topological polar surface area (TPSA) is 67.8 Å². The second-order valence-electron chi connectivity index (χ2n) is 6.24. The lowest BCUT2D eigenvalue weighted by molar-refractivity contribution is -0.118. The molecule has 0 aliphatic heterocycles. The zero-order chi connectivity index (χ0) is 21.2. The molecule has 0 fully saturated rings. The lowest BCUT2D eigenvalue weighted by Gasteiger charge is -2.04. The predicted molar refractivity (Wildman–Crippen MR) is 121 cm³/mol. The molecule has 0 unspecified atom stereocenters. The minimum absolute atomic E-state index is 0.182. The minimum Gasteiger partial charge on any atom is -0.423 e. The van der Waals surface area contributed by atoms with Gasteiger partial charge in [-0.15, -0.1) is 11.8 Å². The monoisotopic (exact) mass is 438 g/mol. The summed E-state index contributed by atoms with van der Waals surface area (Å²) in [4.78, 5) is 23.9. The van der Waals surface area contributed by atoms with Crippen molar-refractivity contribution in [2.24, 2.45) is 5.10 Å². The summed E-state index contributed by atoms with van der Waals surface area (Å²) in [5.41, 5.74) is 4.86. The molecule has 0 aliphatic rings. The smallest absolute Gasteiger partial charge is 0.343 e. The number of esters is 1. The number of thioether (sulfide) groups is 1. The first-order chi connectivity index (χ1) is 14.6. The maximum Gasteiger partial charge on any atom is 0.343 e. The van der Waals surface area contributed by atoms with Gasteiger partial charge in [-0.3, -0.25) is 4.79 Å². The lowest BCUT2D eigenvalue weighted by atomic mass is 10.2. The average Bonchev–Trinajstić information content (AvgIpc) is 2.77. The molecule has 0 saturated carbocycles. The van der Waals surface area contributed by atoms with Crippen molar-refractivity contribution in [2.45, 2.75) is 5.75 Å². The molecule has 0 aromatic heterocycles. The van der Waals surface area contributed by atoms with Crippen molar-refractivity contribution >= 4 is 41.5 Å². The van der Waals surface area contributed by atoms with Crippen LogP contribution in [0, 0.1) is 0 Å². The molecular formula is C23H19ClN2O3S. The van der Waals surface area contributed by atoms with E-state index in [9.17, 15) is 9.59 Å². The molecule has 0 spiro atoms. The van der Waals surface area contributed by atoms with Crippen LogP contribution in [-0.4, -0.2) is 23.8 Å². The normalized spacial score (nSPS) is 10.7. The van der Waals surface area contributed by atoms with Gasteiger partial charge in [0.05, 0.1) is 17.5 Å². The second-order valence-corrected chi connectivity index (χ2v) is 7.66. The van der Waals surface area contributed by atoms with E-state index in [1.807, 2.05) is 30.3 Å². The molecule has 0 atom stereocenters. The minimum atomic E-state index is -0.416. The molecule has 0 bridgehead atoms. The number of amides is 1. The Morgan fingerprint density at radius 2 is 1.67 bits per heavy atom. The third kappa shape index (κ3) is 7.06. The summed E-state index contributed by atoms with van der Waals surface area (Å²) < 4.78 is 5.32. The highest BCUT2D eigenvalue weighted by molar-refractivity contribution is 7.99. The van der Waals surface area contributed by atoms with Gasteiger partial charge in [0.2, 0.25) is 5.91 Å². The van der Waals surface area contributed by atoms with Crippen LogP contribution in [0.25, 0.3) is 0 Å². The molecule has 0 radical (unpaired) electrons. The van der Waals surface area contributed by atoms with Crippen molar-refractivity contribution in [3.63, 3.8) is 0 Å². The van der Waals surface area contributed by atoms with E-state index in [2.05, 4.69) is 10.5 Å². The van der Waals surface area contributed by atoms with E-state index in [1.165, 1.54) is 18.0 Å². The molecule has 1 N–H and O–H groups in total. The van der Waals surface area contributed by atoms with Crippen molar-refractivity contribution < 1.29 is 14.3 Å². The molecule has 3 aromatic rings. The summed E-state index contributed by atoms with van der Waals surface area (Å²) in [6.45, 7) is 0. The molecule has 3 aromatic carbocycles. The Kier molecular flexibility index (Phi) is 8.06. The predicted octanol–water partition coefficient (Wildman–Crippen LogP) is 4.94. The number of ether oxygens (including phenoxy) is 1. The van der Waals surface area contributed by atoms with Crippen LogP contribution in [-0.2, 0) is 10.5 Å². The van der Waals surface area contributed by atoms with Gasteiger partial charge in [-0.2, -0.15) is 5.10 Å². The Hall–Kier alpha value is -3.09. The van der Waals surface area contributed by atoms with Crippen LogP contribution < -0.4 is 10.2 Å². The van der Waals surface area contributed by atoms with Crippen molar-refractivity contribution in [2.75, 3.05) is 5.75 Å². The lowest BCUT2D eigenvalue weighted by Crippen LogP contribution is -2.19. The maximum absolute atomic E-state index is 12.0. The zero-order valence-corrected chi connectivity index (χ0v) is 17.5. The van der Waals surface area contributed by atoms with Crippen LogP contribution in [0.15, 0.2) is 84.0 Å². The molecule has 5 nitrogen and oxygen atoms in total. The van der Waals surface area contributed by atoms with E-state index in [-0.39, 0.29) is 5.91 Å². The molecule has 0 heterocycles. The summed E-state index contributed by atoms with van der Waals surface area (Å²) in [7, 11) is 0. The van der Waals surface area contributed by atoms with Crippen LogP contribution in [0.2, 0.25) is 5.02 Å². The van der Waals surface area contributed by atoms with Gasteiger partial charge in [0.25, 0.3) is 0 Å². The van der Waals surface area contributed by atoms with E-state index >= 15 is 0 Å². The number of nitrogens with zero attached hydrogens (tertiary/aromatic N) is 1. The number of carbonyl (C=O) groups excluding carboxylic acids is 2. The summed E-state index contributed by atoms with van der Waals surface area (Å²) in [6, 6.07) is 23.2. The summed E-state index contributed by atoms with van der Waals surface area (Å²) in [5, 5.41) is 4.65. The highest BCUT2D eigenvalue weighted by atomic mass is 35.5. The number of rotatable bonds is 8. The zero-order valence-electron chi connectivity index (χ0n) is 16.0. The summed E-state index contributed by atoms with van der Waals surface area (Å²) in [6.07, 6.45) is 1.53. The van der Waals surface area contributed by atoms with Gasteiger partial charge in [-0.25, -0.2) is 10.2 Å². The Bertz CT molecular complexity index is 1010. The number of nitrogens with one attached hydrogen (secondary N) is 1. The van der Waals surface area contributed by atoms with Gasteiger partial charge in [0, 0.05) is 10.8 Å². The Morgan fingerprint density at radius 1 is 0.967 bits per heavy atom. The van der Waals surface area contributed by atoms with Gasteiger partial charge in [0.15, 0.2) is 0 Å². The van der Waals surface area contributed by atoms with Gasteiger partial charge < -0.3 is 4.74 Å². The van der Waals surface area contributed by atoms with Gasteiger partial charge >= 0.3 is 5.97 Å². The highest BCUT2D eigenvalue weighted by Gasteiger charge is 2.07. The molecular weight excluding hydrogens is 420 g/mol. The fourth-order valence-corrected chi connectivity index (χ4v) is 3.32. The van der Waals surface area contributed by atoms with E-state index < -0.39 is 5.97 Å². The number of hydrazone groups is 1. The SMILES string of the molecule is O=C(CSCc1ccc(Cl)cc1)N/N=C\c1ccc(OC(=O)c2ccccc2)cc1. The van der Waals surface area contributed by atoms with Crippen molar-refractivity contribution in [1.29, 1.82) is 0 Å². The fourth-order valence-electron chi connectivity index (χ4n) is 2.42. The van der Waals surface area contributed by atoms with E-state index in [1.54, 1.807) is 48.5 Å². The molecule has 0 saturated heterocycles. The van der Waals surface area contributed by atoms with E-state index in [4.69, 9.17) is 16.3 Å². The average molecular weight is 439 g/mol. The Balaban J connectivity index is 1.40. The first kappa shape index (κ1) is 21.6. The van der Waals surface area contributed by atoms with Crippen LogP contribution in [0.1, 0.15) is 21.5 Å². The first-order valence-electron chi connectivity index (χ1n) is 9.11. The Labute approximate surface area is 184 Å². The quantitative estimate of drug-likeness (QED) is 0.234. The third-order valence-electron chi connectivity index (χ3n) is 3.92. The van der Waals surface area contributed by atoms with Crippen LogP contribution in [0.4, 0.5) is 0 Å². The fraction of sp³-hybridized carbons (Fsp3) is 0.0870. The van der Waals surface area contributed by atoms with Gasteiger partial charge in [0.1, 0.15) is 5.75 Å². The molecule has 1 amide bonds. The molecule has 152 valence electrons. The second kappa shape index (κ2) is 11.2. The van der Waals surface area contributed by atoms with Crippen molar-refractivity contribution in [1.82, 2.24) is 5.43 Å². The number of halogens is 1. The molecule has 0 aliphatic carbocycles. The summed E-state index contributed by atoms with van der Waals surface area (Å²) in [5.74, 6) is 0.855. The van der Waals surface area contributed by atoms with Gasteiger partial charge in [-0.05, 0) is 59.7 Å². The highest BCUT2D eigenvalue weighted by Crippen LogP contribution is 2.15. The number of hydrogen-bond donors (Lipinski definition) is 1. The summed E-state index contributed by atoms with van der Waals surface area (Å²) >= 11 is 7.35. The maximum atomic E-state index is 12.0. The third-order valence-corrected chi connectivity index (χ3v) is 5.17. The van der Waals surface area contributed by atoms with Crippen LogP contribution >= 0.6 is 23.4 Å². The Morgan fingerprint density at radius 3 is 2.37 bits per heavy atom. The van der Waals surface area contributed by atoms with Crippen LogP contribution in [0.3, 0.4) is 0 Å². The van der Waals surface area contributed by atoms with Crippen LogP contribution in [0.5, 0.6) is 5.75 Å². The van der Waals surface area contributed by atoms with Gasteiger partial charge in [-0.1, -0.05) is 41.9 Å². The van der Waals surface area contributed by atoms with E-state index in [0.29, 0.717) is 22.1 Å². The number of carbonyl (C=O) groups is 2. The number of hydrogen-bond acceptors (Lipinski definition) is 5. The standard InChI is InChI=1S/C23H19ClN2O3S/c24-20-10-6-18(7-11-20)15-30-16-22(27)26-25-14-17-8-12-21(13-9-17)29-23(28)19-4-2-1-3-5-19/h1-14H,15-16H2,(H,26,27)/b25-14-.